The number of rotatable bonds is 11. The van der Waals surface area contributed by atoms with Gasteiger partial charge in [0.05, 0.1) is 0 Å². The Balaban J connectivity index is 0.00000361. The molecule has 0 aliphatic heterocycles. The van der Waals surface area contributed by atoms with E-state index < -0.39 is 0 Å². The summed E-state index contributed by atoms with van der Waals surface area (Å²) in [7, 11) is 0. The number of aryl methyl sites for hydroxylation is 1. The van der Waals surface area contributed by atoms with Crippen LogP contribution in [0.4, 0.5) is 0 Å². The van der Waals surface area contributed by atoms with Gasteiger partial charge >= 0.3 is 29.6 Å². The van der Waals surface area contributed by atoms with Crippen LogP contribution >= 0.6 is 0 Å². The summed E-state index contributed by atoms with van der Waals surface area (Å²) in [5, 5.41) is 0. The van der Waals surface area contributed by atoms with Crippen molar-refractivity contribution in [1.82, 2.24) is 0 Å². The van der Waals surface area contributed by atoms with E-state index in [1.807, 2.05) is 12.1 Å². The van der Waals surface area contributed by atoms with Crippen LogP contribution in [-0.4, -0.2) is 0 Å². The van der Waals surface area contributed by atoms with E-state index in [1.54, 1.807) is 0 Å². The molecule has 0 aromatic heterocycles. The second-order valence-electron chi connectivity index (χ2n) is 5.54. The van der Waals surface area contributed by atoms with E-state index in [0.717, 1.165) is 11.3 Å². The second-order valence-corrected chi connectivity index (χ2v) is 5.98. The van der Waals surface area contributed by atoms with Crippen molar-refractivity contribution in [3.63, 3.8) is 0 Å². The third kappa shape index (κ3) is 10.2. The van der Waals surface area contributed by atoms with E-state index in [0.29, 0.717) is 0 Å². The van der Waals surface area contributed by atoms with Crippen LogP contribution in [0.25, 0.3) is 0 Å². The smallest absolute Gasteiger partial charge is 0.779 e. The Labute approximate surface area is 153 Å². The van der Waals surface area contributed by atoms with Gasteiger partial charge in [0, 0.05) is 0 Å². The maximum atomic E-state index is 5.32. The van der Waals surface area contributed by atoms with Crippen LogP contribution in [0, 0.1) is 0 Å². The molecule has 108 valence electrons. The van der Waals surface area contributed by atoms with Gasteiger partial charge in [0.15, 0.2) is 0 Å². The predicted molar refractivity (Wildman–Crippen MR) is 87.6 cm³/mol. The first-order valence-electron chi connectivity index (χ1n) is 8.09. The Kier molecular flexibility index (Phi) is 14.7. The van der Waals surface area contributed by atoms with Crippen LogP contribution in [0.2, 0.25) is 0 Å². The van der Waals surface area contributed by atoms with Gasteiger partial charge in [-0.3, -0.25) is 0 Å². The zero-order valence-electron chi connectivity index (χ0n) is 13.5. The van der Waals surface area contributed by atoms with Gasteiger partial charge < -0.3 is 12.6 Å². The summed E-state index contributed by atoms with van der Waals surface area (Å²) in [4.78, 5) is 1.04. The summed E-state index contributed by atoms with van der Waals surface area (Å²) in [6, 6.07) is 8.35. The molecule has 0 aliphatic carbocycles. The summed E-state index contributed by atoms with van der Waals surface area (Å²) in [6.07, 6.45) is 15.2. The molecule has 0 aliphatic rings. The number of benzene rings is 1. The molecule has 0 unspecified atom stereocenters. The van der Waals surface area contributed by atoms with Gasteiger partial charge in [-0.25, -0.2) is 0 Å². The van der Waals surface area contributed by atoms with Crippen LogP contribution in [0.3, 0.4) is 0 Å². The first-order chi connectivity index (χ1) is 9.34. The molecule has 20 heavy (non-hydrogen) atoms. The molecule has 0 heterocycles. The van der Waals surface area contributed by atoms with Crippen molar-refractivity contribution in [3.8, 4) is 0 Å². The maximum Gasteiger partial charge on any atom is 1.00 e. The third-order valence-electron chi connectivity index (χ3n) is 3.77. The standard InChI is InChI=1S/C18H30S.Na/c1-2-3-4-5-6-7-8-9-10-11-14-17-15-12-13-16-18(17)19;/h12-13,15-16,19H,2-11,14H2,1H3;/q;+1/p-1. The third-order valence-corrected chi connectivity index (χ3v) is 4.17. The molecule has 0 fully saturated rings. The van der Waals surface area contributed by atoms with Gasteiger partial charge in [-0.15, -0.1) is 0 Å². The van der Waals surface area contributed by atoms with Crippen molar-refractivity contribution in [2.24, 2.45) is 0 Å². The Morgan fingerprint density at radius 1 is 0.750 bits per heavy atom. The van der Waals surface area contributed by atoms with Crippen LogP contribution in [0.1, 0.15) is 76.7 Å². The zero-order chi connectivity index (χ0) is 13.8. The molecule has 0 nitrogen and oxygen atoms in total. The minimum Gasteiger partial charge on any atom is -0.779 e. The van der Waals surface area contributed by atoms with Crippen molar-refractivity contribution in [3.05, 3.63) is 29.8 Å². The van der Waals surface area contributed by atoms with E-state index >= 15 is 0 Å². The molecule has 0 saturated carbocycles. The Morgan fingerprint density at radius 3 is 1.80 bits per heavy atom. The SMILES string of the molecule is CCCCCCCCCCCCc1ccccc1[S-].[Na+]. The first kappa shape index (κ1) is 20.4. The fraction of sp³-hybridized carbons (Fsp3) is 0.667. The molecule has 1 rings (SSSR count). The van der Waals surface area contributed by atoms with Crippen LogP contribution in [-0.2, 0) is 19.0 Å². The molecule has 0 spiro atoms. The van der Waals surface area contributed by atoms with E-state index in [2.05, 4.69) is 19.1 Å². The van der Waals surface area contributed by atoms with E-state index in [-0.39, 0.29) is 29.6 Å². The van der Waals surface area contributed by atoms with Crippen molar-refractivity contribution < 1.29 is 29.6 Å². The normalized spacial score (nSPS) is 10.2. The van der Waals surface area contributed by atoms with Gasteiger partial charge in [-0.2, -0.15) is 4.90 Å². The molecule has 1 aromatic rings. The monoisotopic (exact) mass is 300 g/mol. The Bertz CT molecular complexity index is 325. The van der Waals surface area contributed by atoms with Gasteiger partial charge in [0.2, 0.25) is 0 Å². The van der Waals surface area contributed by atoms with E-state index in [9.17, 15) is 0 Å². The fourth-order valence-corrected chi connectivity index (χ4v) is 2.76. The van der Waals surface area contributed by atoms with Gasteiger partial charge in [0.1, 0.15) is 0 Å². The number of hydrogen-bond acceptors (Lipinski definition) is 1. The van der Waals surface area contributed by atoms with Crippen molar-refractivity contribution in [2.75, 3.05) is 0 Å². The molecule has 0 amide bonds. The summed E-state index contributed by atoms with van der Waals surface area (Å²) < 4.78 is 0. The largest absolute Gasteiger partial charge is 1.00 e. The maximum absolute atomic E-state index is 5.32. The van der Waals surface area contributed by atoms with Crippen LogP contribution in [0.15, 0.2) is 29.2 Å². The molecule has 0 bridgehead atoms. The fourth-order valence-electron chi connectivity index (χ4n) is 2.51. The molecular weight excluding hydrogens is 271 g/mol. The van der Waals surface area contributed by atoms with Gasteiger partial charge in [0.25, 0.3) is 0 Å². The second kappa shape index (κ2) is 14.4. The summed E-state index contributed by atoms with van der Waals surface area (Å²) >= 11 is 5.32. The molecule has 1 aromatic carbocycles. The summed E-state index contributed by atoms with van der Waals surface area (Å²) in [5.41, 5.74) is 1.36. The van der Waals surface area contributed by atoms with E-state index in [1.165, 1.54) is 69.8 Å². The summed E-state index contributed by atoms with van der Waals surface area (Å²) in [6.45, 7) is 2.28. The van der Waals surface area contributed by atoms with Crippen LogP contribution in [0.5, 0.6) is 0 Å². The van der Waals surface area contributed by atoms with Crippen molar-refractivity contribution >= 4 is 12.6 Å². The average Bonchev–Trinajstić information content (AvgIpc) is 2.43. The van der Waals surface area contributed by atoms with Crippen molar-refractivity contribution in [1.29, 1.82) is 0 Å². The van der Waals surface area contributed by atoms with Gasteiger partial charge in [-0.1, -0.05) is 94.5 Å². The predicted octanol–water partition coefficient (Wildman–Crippen LogP) is 3.06. The van der Waals surface area contributed by atoms with Crippen molar-refractivity contribution in [2.45, 2.75) is 82.4 Å². The minimum atomic E-state index is 0. The summed E-state index contributed by atoms with van der Waals surface area (Å²) in [5.74, 6) is 0. The molecular formula is C18H29NaS. The molecule has 0 atom stereocenters. The Hall–Kier alpha value is 0.440. The molecule has 0 N–H and O–H groups in total. The minimum absolute atomic E-state index is 0. The molecule has 0 radical (unpaired) electrons. The van der Waals surface area contributed by atoms with E-state index in [4.69, 9.17) is 12.6 Å². The average molecular weight is 300 g/mol. The zero-order valence-corrected chi connectivity index (χ0v) is 16.3. The van der Waals surface area contributed by atoms with Crippen LogP contribution < -0.4 is 29.6 Å². The topological polar surface area (TPSA) is 0 Å². The number of hydrogen-bond donors (Lipinski definition) is 0. The van der Waals surface area contributed by atoms with Gasteiger partial charge in [-0.05, 0) is 12.8 Å². The number of unbranched alkanes of at least 4 members (excludes halogenated alkanes) is 9. The quantitative estimate of drug-likeness (QED) is 0.344. The first-order valence-corrected chi connectivity index (χ1v) is 8.50. The molecule has 2 heteroatoms. The molecule has 0 saturated heterocycles. The Morgan fingerprint density at radius 2 is 1.25 bits per heavy atom.